The molecular formula is C14H21N3O2. The second kappa shape index (κ2) is 6.63. The number of nitrogens with two attached hydrogens (primary N) is 1. The van der Waals surface area contributed by atoms with E-state index in [0.717, 1.165) is 18.4 Å². The maximum Gasteiger partial charge on any atom is 0.239 e. The quantitative estimate of drug-likeness (QED) is 0.872. The number of hydrogen-bond donors (Lipinski definition) is 1. The van der Waals surface area contributed by atoms with Crippen LogP contribution >= 0.6 is 0 Å². The van der Waals surface area contributed by atoms with Crippen LogP contribution in [-0.2, 0) is 16.1 Å². The van der Waals surface area contributed by atoms with Crippen LogP contribution in [0.15, 0.2) is 24.5 Å². The maximum absolute atomic E-state index is 12.3. The van der Waals surface area contributed by atoms with Gasteiger partial charge in [0.2, 0.25) is 5.91 Å². The number of hydrogen-bond acceptors (Lipinski definition) is 4. The van der Waals surface area contributed by atoms with Gasteiger partial charge >= 0.3 is 0 Å². The zero-order chi connectivity index (χ0) is 13.7. The van der Waals surface area contributed by atoms with E-state index < -0.39 is 6.04 Å². The Kier molecular flexibility index (Phi) is 4.87. The Labute approximate surface area is 113 Å². The Bertz CT molecular complexity index is 404. The smallest absolute Gasteiger partial charge is 0.239 e. The van der Waals surface area contributed by atoms with Crippen molar-refractivity contribution >= 4 is 5.91 Å². The first-order valence-corrected chi connectivity index (χ1v) is 6.65. The van der Waals surface area contributed by atoms with Crippen LogP contribution in [0.5, 0.6) is 0 Å². The summed E-state index contributed by atoms with van der Waals surface area (Å²) >= 11 is 0. The molecule has 1 atom stereocenters. The second-order valence-electron chi connectivity index (χ2n) is 5.03. The molecule has 5 heteroatoms. The molecule has 0 spiro atoms. The Morgan fingerprint density at radius 2 is 2.11 bits per heavy atom. The van der Waals surface area contributed by atoms with Crippen LogP contribution in [0.25, 0.3) is 0 Å². The monoisotopic (exact) mass is 263 g/mol. The molecule has 2 N–H and O–H groups in total. The van der Waals surface area contributed by atoms with Crippen molar-refractivity contribution in [1.29, 1.82) is 0 Å². The minimum Gasteiger partial charge on any atom is -0.381 e. The molecule has 19 heavy (non-hydrogen) atoms. The van der Waals surface area contributed by atoms with Gasteiger partial charge in [-0.1, -0.05) is 0 Å². The summed E-state index contributed by atoms with van der Waals surface area (Å²) in [6.07, 6.45) is 5.20. The SMILES string of the molecule is CN(Cc1ccncc1)C(=O)C(N)C1CCOCC1. The highest BCUT2D eigenvalue weighted by Crippen LogP contribution is 2.19. The number of amides is 1. The van der Waals surface area contributed by atoms with Crippen LogP contribution in [0.2, 0.25) is 0 Å². The molecule has 2 rings (SSSR count). The van der Waals surface area contributed by atoms with E-state index in [4.69, 9.17) is 10.5 Å². The van der Waals surface area contributed by atoms with Gasteiger partial charge in [0.05, 0.1) is 6.04 Å². The number of carbonyl (C=O) groups excluding carboxylic acids is 1. The molecule has 104 valence electrons. The van der Waals surface area contributed by atoms with E-state index in [-0.39, 0.29) is 11.8 Å². The topological polar surface area (TPSA) is 68.5 Å². The number of rotatable bonds is 4. The minimum atomic E-state index is -0.421. The largest absolute Gasteiger partial charge is 0.381 e. The third-order valence-electron chi connectivity index (χ3n) is 3.60. The number of carbonyl (C=O) groups is 1. The highest BCUT2D eigenvalue weighted by Gasteiger charge is 2.28. The molecule has 0 aliphatic carbocycles. The average Bonchev–Trinajstić information content (AvgIpc) is 2.47. The lowest BCUT2D eigenvalue weighted by molar-refractivity contribution is -0.133. The molecule has 1 aliphatic heterocycles. The van der Waals surface area contributed by atoms with Crippen molar-refractivity contribution in [3.63, 3.8) is 0 Å². The Balaban J connectivity index is 1.90. The van der Waals surface area contributed by atoms with Gasteiger partial charge in [-0.05, 0) is 36.5 Å². The van der Waals surface area contributed by atoms with Crippen molar-refractivity contribution in [2.45, 2.75) is 25.4 Å². The van der Waals surface area contributed by atoms with E-state index in [1.165, 1.54) is 0 Å². The summed E-state index contributed by atoms with van der Waals surface area (Å²) in [7, 11) is 1.79. The van der Waals surface area contributed by atoms with E-state index in [1.807, 2.05) is 12.1 Å². The van der Waals surface area contributed by atoms with Crippen molar-refractivity contribution in [1.82, 2.24) is 9.88 Å². The van der Waals surface area contributed by atoms with Crippen molar-refractivity contribution < 1.29 is 9.53 Å². The summed E-state index contributed by atoms with van der Waals surface area (Å²) in [6, 6.07) is 3.39. The van der Waals surface area contributed by atoms with E-state index in [0.29, 0.717) is 19.8 Å². The summed E-state index contributed by atoms with van der Waals surface area (Å²) < 4.78 is 5.30. The third kappa shape index (κ3) is 3.75. The van der Waals surface area contributed by atoms with E-state index in [1.54, 1.807) is 24.3 Å². The number of aromatic nitrogens is 1. The molecule has 1 aromatic rings. The molecule has 5 nitrogen and oxygen atoms in total. The van der Waals surface area contributed by atoms with Crippen LogP contribution < -0.4 is 5.73 Å². The Hall–Kier alpha value is -1.46. The van der Waals surface area contributed by atoms with E-state index in [2.05, 4.69) is 4.98 Å². The van der Waals surface area contributed by atoms with E-state index >= 15 is 0 Å². The number of pyridine rings is 1. The van der Waals surface area contributed by atoms with Crippen LogP contribution in [0.1, 0.15) is 18.4 Å². The average molecular weight is 263 g/mol. The fourth-order valence-electron chi connectivity index (χ4n) is 2.37. The van der Waals surface area contributed by atoms with E-state index in [9.17, 15) is 4.79 Å². The van der Waals surface area contributed by atoms with Crippen molar-refractivity contribution in [2.24, 2.45) is 11.7 Å². The molecule has 0 radical (unpaired) electrons. The predicted molar refractivity (Wildman–Crippen MR) is 72.2 cm³/mol. The third-order valence-corrected chi connectivity index (χ3v) is 3.60. The summed E-state index contributed by atoms with van der Waals surface area (Å²) in [4.78, 5) is 17.9. The van der Waals surface area contributed by atoms with Crippen LogP contribution in [0, 0.1) is 5.92 Å². The first kappa shape index (κ1) is 14.0. The maximum atomic E-state index is 12.3. The van der Waals surface area contributed by atoms with Gasteiger partial charge in [-0.25, -0.2) is 0 Å². The predicted octanol–water partition coefficient (Wildman–Crippen LogP) is 0.794. The Morgan fingerprint density at radius 1 is 1.47 bits per heavy atom. The highest BCUT2D eigenvalue weighted by molar-refractivity contribution is 5.81. The number of ether oxygens (including phenoxy) is 1. The number of nitrogens with zero attached hydrogens (tertiary/aromatic N) is 2. The number of likely N-dealkylation sites (N-methyl/N-ethyl adjacent to an activating group) is 1. The van der Waals surface area contributed by atoms with Gasteiger partial charge in [0, 0.05) is 39.2 Å². The molecule has 0 aromatic carbocycles. The second-order valence-corrected chi connectivity index (χ2v) is 5.03. The van der Waals surface area contributed by atoms with Gasteiger partial charge in [0.15, 0.2) is 0 Å². The molecule has 1 amide bonds. The molecule has 1 fully saturated rings. The minimum absolute atomic E-state index is 0.00344. The molecule has 1 unspecified atom stereocenters. The van der Waals surface area contributed by atoms with Gasteiger partial charge in [0.1, 0.15) is 0 Å². The van der Waals surface area contributed by atoms with Crippen molar-refractivity contribution in [3.8, 4) is 0 Å². The van der Waals surface area contributed by atoms with Crippen LogP contribution in [0.3, 0.4) is 0 Å². The lowest BCUT2D eigenvalue weighted by Gasteiger charge is -2.29. The lowest BCUT2D eigenvalue weighted by atomic mass is 9.91. The zero-order valence-corrected chi connectivity index (χ0v) is 11.3. The first-order chi connectivity index (χ1) is 9.18. The van der Waals surface area contributed by atoms with Gasteiger partial charge in [-0.15, -0.1) is 0 Å². The van der Waals surface area contributed by atoms with Crippen LogP contribution in [-0.4, -0.2) is 42.1 Å². The summed E-state index contributed by atoms with van der Waals surface area (Å²) in [5, 5.41) is 0. The van der Waals surface area contributed by atoms with Gasteiger partial charge < -0.3 is 15.4 Å². The lowest BCUT2D eigenvalue weighted by Crippen LogP contribution is -2.47. The van der Waals surface area contributed by atoms with Gasteiger partial charge in [-0.3, -0.25) is 9.78 Å². The Morgan fingerprint density at radius 3 is 2.74 bits per heavy atom. The fraction of sp³-hybridized carbons (Fsp3) is 0.571. The first-order valence-electron chi connectivity index (χ1n) is 6.65. The summed E-state index contributed by atoms with van der Waals surface area (Å²) in [5.74, 6) is 0.241. The molecular weight excluding hydrogens is 242 g/mol. The summed E-state index contributed by atoms with van der Waals surface area (Å²) in [6.45, 7) is 1.98. The normalized spacial score (nSPS) is 18.0. The molecule has 1 aromatic heterocycles. The van der Waals surface area contributed by atoms with Gasteiger partial charge in [-0.2, -0.15) is 0 Å². The zero-order valence-electron chi connectivity index (χ0n) is 11.3. The van der Waals surface area contributed by atoms with Gasteiger partial charge in [0.25, 0.3) is 0 Å². The van der Waals surface area contributed by atoms with Crippen LogP contribution in [0.4, 0.5) is 0 Å². The molecule has 0 saturated carbocycles. The molecule has 1 saturated heterocycles. The van der Waals surface area contributed by atoms with Crippen molar-refractivity contribution in [2.75, 3.05) is 20.3 Å². The fourth-order valence-corrected chi connectivity index (χ4v) is 2.37. The molecule has 2 heterocycles. The van der Waals surface area contributed by atoms with Crippen molar-refractivity contribution in [3.05, 3.63) is 30.1 Å². The summed E-state index contributed by atoms with van der Waals surface area (Å²) in [5.41, 5.74) is 7.15. The highest BCUT2D eigenvalue weighted by atomic mass is 16.5. The molecule has 1 aliphatic rings. The standard InChI is InChI=1S/C14H21N3O2/c1-17(10-11-2-6-16-7-3-11)14(18)13(15)12-4-8-19-9-5-12/h2-3,6-7,12-13H,4-5,8-10,15H2,1H3. The molecule has 0 bridgehead atoms.